The summed E-state index contributed by atoms with van der Waals surface area (Å²) in [6.45, 7) is 1.55. The smallest absolute Gasteiger partial charge is 0.322 e. The van der Waals surface area contributed by atoms with E-state index in [9.17, 15) is 14.4 Å². The van der Waals surface area contributed by atoms with Crippen molar-refractivity contribution in [2.45, 2.75) is 31.7 Å². The summed E-state index contributed by atoms with van der Waals surface area (Å²) in [7, 11) is 0. The fourth-order valence-electron chi connectivity index (χ4n) is 2.25. The number of hydrogen-bond acceptors (Lipinski definition) is 3. The summed E-state index contributed by atoms with van der Waals surface area (Å²) >= 11 is 0. The Kier molecular flexibility index (Phi) is 2.36. The van der Waals surface area contributed by atoms with E-state index in [2.05, 4.69) is 10.6 Å². The fourth-order valence-corrected chi connectivity index (χ4v) is 2.25. The van der Waals surface area contributed by atoms with Gasteiger partial charge in [0.1, 0.15) is 5.54 Å². The highest BCUT2D eigenvalue weighted by Gasteiger charge is 2.56. The molecule has 0 aromatic heterocycles. The van der Waals surface area contributed by atoms with Crippen molar-refractivity contribution in [2.24, 2.45) is 11.8 Å². The molecule has 3 N–H and O–H groups in total. The van der Waals surface area contributed by atoms with Gasteiger partial charge in [-0.3, -0.25) is 14.9 Å². The van der Waals surface area contributed by atoms with Crippen LogP contribution in [0.15, 0.2) is 0 Å². The van der Waals surface area contributed by atoms with Gasteiger partial charge in [0, 0.05) is 0 Å². The summed E-state index contributed by atoms with van der Waals surface area (Å²) in [5.74, 6) is -1.90. The summed E-state index contributed by atoms with van der Waals surface area (Å²) in [5, 5.41) is 13.7. The summed E-state index contributed by atoms with van der Waals surface area (Å²) in [4.78, 5) is 33.7. The van der Waals surface area contributed by atoms with Crippen molar-refractivity contribution < 1.29 is 19.5 Å². The topological polar surface area (TPSA) is 95.5 Å². The molecule has 6 nitrogen and oxygen atoms in total. The van der Waals surface area contributed by atoms with Crippen LogP contribution in [0.1, 0.15) is 26.2 Å². The second-order valence-electron chi connectivity index (χ2n) is 4.60. The molecule has 1 aliphatic heterocycles. The van der Waals surface area contributed by atoms with Crippen LogP contribution < -0.4 is 10.6 Å². The molecule has 0 radical (unpaired) electrons. The lowest BCUT2D eigenvalue weighted by Crippen LogP contribution is -2.50. The average molecular weight is 226 g/mol. The van der Waals surface area contributed by atoms with Crippen LogP contribution in [0, 0.1) is 11.8 Å². The minimum Gasteiger partial charge on any atom is -0.481 e. The average Bonchev–Trinajstić information content (AvgIpc) is 2.95. The highest BCUT2D eigenvalue weighted by Crippen LogP contribution is 2.44. The monoisotopic (exact) mass is 226 g/mol. The zero-order valence-corrected chi connectivity index (χ0v) is 8.95. The maximum absolute atomic E-state index is 11.8. The molecule has 1 unspecified atom stereocenters. The van der Waals surface area contributed by atoms with Crippen LogP contribution in [0.2, 0.25) is 0 Å². The molecule has 0 aromatic rings. The Hall–Kier alpha value is -1.59. The number of aliphatic carboxylic acids is 1. The molecule has 0 spiro atoms. The van der Waals surface area contributed by atoms with Gasteiger partial charge in [0.2, 0.25) is 0 Å². The quantitative estimate of drug-likeness (QED) is 0.592. The van der Waals surface area contributed by atoms with Gasteiger partial charge in [-0.2, -0.15) is 0 Å². The Labute approximate surface area is 92.4 Å². The van der Waals surface area contributed by atoms with Gasteiger partial charge in [0.05, 0.1) is 5.92 Å². The molecule has 0 bridgehead atoms. The molecule has 2 fully saturated rings. The molecule has 1 saturated carbocycles. The molecule has 1 saturated heterocycles. The molecule has 6 heteroatoms. The third-order valence-electron chi connectivity index (χ3n) is 3.29. The van der Waals surface area contributed by atoms with Crippen molar-refractivity contribution in [3.8, 4) is 0 Å². The molecule has 0 aromatic carbocycles. The molecule has 2 atom stereocenters. The van der Waals surface area contributed by atoms with Gasteiger partial charge in [-0.1, -0.05) is 6.92 Å². The number of carboxylic acids is 1. The van der Waals surface area contributed by atoms with E-state index in [-0.39, 0.29) is 18.2 Å². The molecule has 88 valence electrons. The Bertz CT molecular complexity index is 364. The molecule has 1 aliphatic carbocycles. The van der Waals surface area contributed by atoms with E-state index in [1.807, 2.05) is 0 Å². The van der Waals surface area contributed by atoms with E-state index in [0.717, 1.165) is 12.8 Å². The number of nitrogens with one attached hydrogen (secondary N) is 2. The second kappa shape index (κ2) is 3.47. The maximum atomic E-state index is 11.8. The third-order valence-corrected chi connectivity index (χ3v) is 3.29. The van der Waals surface area contributed by atoms with Gasteiger partial charge in [-0.15, -0.1) is 0 Å². The number of amides is 3. The zero-order valence-electron chi connectivity index (χ0n) is 8.95. The maximum Gasteiger partial charge on any atom is 0.322 e. The van der Waals surface area contributed by atoms with Crippen LogP contribution in [-0.2, 0) is 9.59 Å². The van der Waals surface area contributed by atoms with Crippen LogP contribution in [0.25, 0.3) is 0 Å². The third kappa shape index (κ3) is 1.64. The summed E-state index contributed by atoms with van der Waals surface area (Å²) in [5.41, 5.74) is -0.991. The molecular formula is C10H14N2O4. The first-order valence-electron chi connectivity index (χ1n) is 5.32. The molecule has 16 heavy (non-hydrogen) atoms. The zero-order chi connectivity index (χ0) is 11.9. The van der Waals surface area contributed by atoms with Gasteiger partial charge in [-0.05, 0) is 25.2 Å². The van der Waals surface area contributed by atoms with Crippen LogP contribution in [0.4, 0.5) is 4.79 Å². The van der Waals surface area contributed by atoms with Crippen molar-refractivity contribution in [3.05, 3.63) is 0 Å². The molecule has 1 heterocycles. The highest BCUT2D eigenvalue weighted by atomic mass is 16.4. The van der Waals surface area contributed by atoms with Crippen molar-refractivity contribution in [1.82, 2.24) is 10.6 Å². The van der Waals surface area contributed by atoms with E-state index in [1.165, 1.54) is 0 Å². The van der Waals surface area contributed by atoms with Crippen molar-refractivity contribution >= 4 is 17.9 Å². The first-order chi connectivity index (χ1) is 7.45. The fraction of sp³-hybridized carbons (Fsp3) is 0.700. The van der Waals surface area contributed by atoms with Crippen molar-refractivity contribution in [2.75, 3.05) is 0 Å². The van der Waals surface area contributed by atoms with Gasteiger partial charge >= 0.3 is 12.0 Å². The second-order valence-corrected chi connectivity index (χ2v) is 4.60. The van der Waals surface area contributed by atoms with Crippen LogP contribution >= 0.6 is 0 Å². The van der Waals surface area contributed by atoms with Gasteiger partial charge < -0.3 is 10.4 Å². The lowest BCUT2D eigenvalue weighted by Gasteiger charge is -2.27. The number of carbonyl (C=O) groups is 3. The highest BCUT2D eigenvalue weighted by molar-refractivity contribution is 6.07. The van der Waals surface area contributed by atoms with Gasteiger partial charge in [-0.25, -0.2) is 4.79 Å². The standard InChI is InChI=1S/C10H14N2O4/c1-5(7(13)14)4-10(6-2-3-6)8(15)11-9(16)12-10/h5-6H,2-4H2,1H3,(H,13,14)(H2,11,12,15,16)/t5?,10-/m1/s1. The minimum atomic E-state index is -0.991. The lowest BCUT2D eigenvalue weighted by molar-refractivity contribution is -0.142. The van der Waals surface area contributed by atoms with E-state index in [4.69, 9.17) is 5.11 Å². The number of hydrogen-bond donors (Lipinski definition) is 3. The Morgan fingerprint density at radius 1 is 1.56 bits per heavy atom. The van der Waals surface area contributed by atoms with E-state index >= 15 is 0 Å². The van der Waals surface area contributed by atoms with Gasteiger partial charge in [0.15, 0.2) is 0 Å². The SMILES string of the molecule is CC(C[C@]1(C2CC2)NC(=O)NC1=O)C(=O)O. The first-order valence-corrected chi connectivity index (χ1v) is 5.32. The Morgan fingerprint density at radius 2 is 2.19 bits per heavy atom. The Morgan fingerprint density at radius 3 is 2.56 bits per heavy atom. The predicted molar refractivity (Wildman–Crippen MR) is 53.5 cm³/mol. The van der Waals surface area contributed by atoms with Crippen molar-refractivity contribution in [3.63, 3.8) is 0 Å². The Balaban J connectivity index is 2.19. The lowest BCUT2D eigenvalue weighted by atomic mass is 9.84. The molecule has 2 rings (SSSR count). The van der Waals surface area contributed by atoms with Crippen LogP contribution in [0.5, 0.6) is 0 Å². The molecular weight excluding hydrogens is 212 g/mol. The largest absolute Gasteiger partial charge is 0.481 e. The summed E-state index contributed by atoms with van der Waals surface area (Å²) in [6, 6.07) is -0.519. The number of carboxylic acid groups (broad SMARTS) is 1. The van der Waals surface area contributed by atoms with E-state index in [0.29, 0.717) is 0 Å². The minimum absolute atomic E-state index is 0.0840. The van der Waals surface area contributed by atoms with E-state index in [1.54, 1.807) is 6.92 Å². The van der Waals surface area contributed by atoms with Gasteiger partial charge in [0.25, 0.3) is 5.91 Å². The molecule has 3 amide bonds. The number of carbonyl (C=O) groups excluding carboxylic acids is 2. The number of urea groups is 1. The summed E-state index contributed by atoms with van der Waals surface area (Å²) in [6.07, 6.45) is 1.88. The molecule has 2 aliphatic rings. The van der Waals surface area contributed by atoms with Crippen LogP contribution in [0.3, 0.4) is 0 Å². The first kappa shape index (κ1) is 10.9. The predicted octanol–water partition coefficient (Wildman–Crippen LogP) is 0.0854. The number of rotatable bonds is 4. The van der Waals surface area contributed by atoms with Crippen LogP contribution in [-0.4, -0.2) is 28.6 Å². The van der Waals surface area contributed by atoms with E-state index < -0.39 is 23.5 Å². The summed E-state index contributed by atoms with van der Waals surface area (Å²) < 4.78 is 0. The van der Waals surface area contributed by atoms with Crippen molar-refractivity contribution in [1.29, 1.82) is 0 Å². The normalized spacial score (nSPS) is 30.8. The number of imide groups is 1.